The van der Waals surface area contributed by atoms with Crippen LogP contribution in [-0.4, -0.2) is 20.7 Å². The van der Waals surface area contributed by atoms with Crippen LogP contribution < -0.4 is 10.3 Å². The van der Waals surface area contributed by atoms with E-state index in [1.807, 2.05) is 61.5 Å². The molecule has 0 N–H and O–H groups in total. The molecule has 9 heteroatoms. The summed E-state index contributed by atoms with van der Waals surface area (Å²) in [5.74, 6) is 0.788. The highest BCUT2D eigenvalue weighted by Crippen LogP contribution is 2.30. The summed E-state index contributed by atoms with van der Waals surface area (Å²) < 4.78 is 24.2. The summed E-state index contributed by atoms with van der Waals surface area (Å²) in [6, 6.07) is 23.4. The highest BCUT2D eigenvalue weighted by atomic mass is 32.2. The standard InChI is InChI=1S/C26H20FN3O2S3/c1-2-32-20-14-12-19(13-15-20)29-23-22(35-26(29)33)24(31)30(18-9-4-3-5-10-18)25(28-23)34-16-17-8-6-7-11-21(17)27/h3-15H,2,16H2,1H3. The molecule has 5 aromatic rings. The van der Waals surface area contributed by atoms with E-state index in [2.05, 4.69) is 0 Å². The van der Waals surface area contributed by atoms with Crippen molar-refractivity contribution in [1.82, 2.24) is 14.1 Å². The van der Waals surface area contributed by atoms with Crippen LogP contribution in [0.2, 0.25) is 0 Å². The summed E-state index contributed by atoms with van der Waals surface area (Å²) in [6.07, 6.45) is 0. The number of para-hydroxylation sites is 1. The predicted octanol–water partition coefficient (Wildman–Crippen LogP) is 6.80. The molecule has 176 valence electrons. The zero-order valence-electron chi connectivity index (χ0n) is 18.7. The van der Waals surface area contributed by atoms with Crippen LogP contribution >= 0.6 is 35.3 Å². The number of fused-ring (bicyclic) bond motifs is 1. The number of ether oxygens (including phenoxy) is 1. The summed E-state index contributed by atoms with van der Waals surface area (Å²) in [4.78, 5) is 18.6. The topological polar surface area (TPSA) is 49.0 Å². The first-order chi connectivity index (χ1) is 17.1. The molecular weight excluding hydrogens is 502 g/mol. The van der Waals surface area contributed by atoms with Gasteiger partial charge in [0, 0.05) is 11.4 Å². The van der Waals surface area contributed by atoms with E-state index in [0.29, 0.717) is 43.1 Å². The van der Waals surface area contributed by atoms with Crippen LogP contribution in [0, 0.1) is 9.77 Å². The zero-order chi connectivity index (χ0) is 24.4. The van der Waals surface area contributed by atoms with Crippen molar-refractivity contribution in [1.29, 1.82) is 0 Å². The van der Waals surface area contributed by atoms with E-state index < -0.39 is 0 Å². The fraction of sp³-hybridized carbons (Fsp3) is 0.115. The van der Waals surface area contributed by atoms with Gasteiger partial charge in [-0.25, -0.2) is 9.37 Å². The monoisotopic (exact) mass is 521 g/mol. The third-order valence-electron chi connectivity index (χ3n) is 5.31. The van der Waals surface area contributed by atoms with E-state index in [9.17, 15) is 9.18 Å². The van der Waals surface area contributed by atoms with Crippen LogP contribution in [0.15, 0.2) is 88.8 Å². The normalized spacial score (nSPS) is 11.1. The van der Waals surface area contributed by atoms with Crippen molar-refractivity contribution >= 4 is 45.7 Å². The van der Waals surface area contributed by atoms with Crippen LogP contribution in [0.1, 0.15) is 12.5 Å². The second-order valence-electron chi connectivity index (χ2n) is 7.53. The van der Waals surface area contributed by atoms with Crippen molar-refractivity contribution in [3.8, 4) is 17.1 Å². The van der Waals surface area contributed by atoms with Gasteiger partial charge in [0.05, 0.1) is 12.3 Å². The van der Waals surface area contributed by atoms with Gasteiger partial charge in [0.2, 0.25) is 0 Å². The summed E-state index contributed by atoms with van der Waals surface area (Å²) in [5, 5.41) is 0.462. The molecule has 0 aliphatic rings. The smallest absolute Gasteiger partial charge is 0.278 e. The molecule has 0 saturated heterocycles. The number of thiazole rings is 1. The van der Waals surface area contributed by atoms with Crippen molar-refractivity contribution in [2.24, 2.45) is 0 Å². The lowest BCUT2D eigenvalue weighted by Crippen LogP contribution is -2.21. The van der Waals surface area contributed by atoms with Crippen molar-refractivity contribution in [3.63, 3.8) is 0 Å². The third-order valence-corrected chi connectivity index (χ3v) is 7.65. The number of hydrogen-bond acceptors (Lipinski definition) is 6. The van der Waals surface area contributed by atoms with Gasteiger partial charge in [-0.15, -0.1) is 0 Å². The molecule has 2 aromatic heterocycles. The average Bonchev–Trinajstić information content (AvgIpc) is 3.21. The van der Waals surface area contributed by atoms with Crippen molar-refractivity contribution < 1.29 is 9.13 Å². The number of thioether (sulfide) groups is 1. The highest BCUT2D eigenvalue weighted by molar-refractivity contribution is 7.98. The van der Waals surface area contributed by atoms with Gasteiger partial charge < -0.3 is 4.74 Å². The maximum atomic E-state index is 14.3. The van der Waals surface area contributed by atoms with Crippen molar-refractivity contribution in [2.45, 2.75) is 17.8 Å². The highest BCUT2D eigenvalue weighted by Gasteiger charge is 2.19. The van der Waals surface area contributed by atoms with Gasteiger partial charge in [-0.1, -0.05) is 59.5 Å². The molecule has 5 nitrogen and oxygen atoms in total. The molecule has 0 unspecified atom stereocenters. The molecule has 3 aromatic carbocycles. The molecule has 35 heavy (non-hydrogen) atoms. The number of nitrogens with zero attached hydrogens (tertiary/aromatic N) is 3. The molecule has 5 rings (SSSR count). The van der Waals surface area contributed by atoms with Gasteiger partial charge in [-0.05, 0) is 67.2 Å². The van der Waals surface area contributed by atoms with Gasteiger partial charge in [-0.2, -0.15) is 0 Å². The molecule has 0 spiro atoms. The Morgan fingerprint density at radius 2 is 1.66 bits per heavy atom. The lowest BCUT2D eigenvalue weighted by atomic mass is 10.2. The quantitative estimate of drug-likeness (QED) is 0.134. The minimum Gasteiger partial charge on any atom is -0.494 e. The minimum absolute atomic E-state index is 0.210. The van der Waals surface area contributed by atoms with E-state index >= 15 is 0 Å². The van der Waals surface area contributed by atoms with Crippen molar-refractivity contribution in [3.05, 3.63) is 105 Å². The SMILES string of the molecule is CCOc1ccc(-n2c(=S)sc3c(=O)n(-c4ccccc4)c(SCc4ccccc4F)nc32)cc1. The van der Waals surface area contributed by atoms with E-state index in [0.717, 1.165) is 11.4 Å². The molecule has 2 heterocycles. The Morgan fingerprint density at radius 1 is 0.971 bits per heavy atom. The van der Waals surface area contributed by atoms with Crippen LogP contribution in [0.4, 0.5) is 4.39 Å². The van der Waals surface area contributed by atoms with Crippen LogP contribution in [-0.2, 0) is 5.75 Å². The minimum atomic E-state index is -0.289. The predicted molar refractivity (Wildman–Crippen MR) is 143 cm³/mol. The van der Waals surface area contributed by atoms with Gasteiger partial charge >= 0.3 is 0 Å². The number of aromatic nitrogens is 3. The summed E-state index contributed by atoms with van der Waals surface area (Å²) in [7, 11) is 0. The summed E-state index contributed by atoms with van der Waals surface area (Å²) in [6.45, 7) is 2.50. The van der Waals surface area contributed by atoms with Crippen LogP contribution in [0.5, 0.6) is 5.75 Å². The first kappa shape index (κ1) is 23.5. The number of hydrogen-bond donors (Lipinski definition) is 0. The first-order valence-corrected chi connectivity index (χ1v) is 13.1. The van der Waals surface area contributed by atoms with E-state index in [-0.39, 0.29) is 11.4 Å². The Balaban J connectivity index is 1.68. The molecule has 0 saturated carbocycles. The number of benzene rings is 3. The Labute approximate surface area is 214 Å². The molecule has 0 fully saturated rings. The molecule has 0 bridgehead atoms. The fourth-order valence-electron chi connectivity index (χ4n) is 3.68. The summed E-state index contributed by atoms with van der Waals surface area (Å²) >= 11 is 8.19. The van der Waals surface area contributed by atoms with Gasteiger partial charge in [0.1, 0.15) is 16.3 Å². The Bertz CT molecular complexity index is 1610. The van der Waals surface area contributed by atoms with Crippen molar-refractivity contribution in [2.75, 3.05) is 6.61 Å². The molecule has 0 atom stereocenters. The largest absolute Gasteiger partial charge is 0.494 e. The summed E-state index contributed by atoms with van der Waals surface area (Å²) in [5.41, 5.74) is 2.30. The Kier molecular flexibility index (Phi) is 6.81. The van der Waals surface area contributed by atoms with Crippen LogP contribution in [0.25, 0.3) is 21.7 Å². The van der Waals surface area contributed by atoms with E-state index in [1.54, 1.807) is 27.3 Å². The lowest BCUT2D eigenvalue weighted by molar-refractivity contribution is 0.340. The lowest BCUT2D eigenvalue weighted by Gasteiger charge is -2.13. The molecule has 0 radical (unpaired) electrons. The number of halogens is 1. The van der Waals surface area contributed by atoms with Gasteiger partial charge in [0.15, 0.2) is 14.8 Å². The molecule has 0 aliphatic heterocycles. The second-order valence-corrected chi connectivity index (χ2v) is 10.1. The number of rotatable bonds is 7. The Morgan fingerprint density at radius 3 is 2.37 bits per heavy atom. The fourth-order valence-corrected chi connectivity index (χ4v) is 5.97. The second kappa shape index (κ2) is 10.2. The van der Waals surface area contributed by atoms with Crippen LogP contribution in [0.3, 0.4) is 0 Å². The maximum absolute atomic E-state index is 14.3. The van der Waals surface area contributed by atoms with E-state index in [4.69, 9.17) is 21.9 Å². The first-order valence-electron chi connectivity index (χ1n) is 10.9. The zero-order valence-corrected chi connectivity index (χ0v) is 21.1. The maximum Gasteiger partial charge on any atom is 0.278 e. The average molecular weight is 522 g/mol. The third kappa shape index (κ3) is 4.67. The van der Waals surface area contributed by atoms with Gasteiger partial charge in [0.25, 0.3) is 5.56 Å². The Hall–Kier alpha value is -3.27. The molecule has 0 aliphatic carbocycles. The van der Waals surface area contributed by atoms with Gasteiger partial charge in [-0.3, -0.25) is 13.9 Å². The molecular formula is C26H20FN3O2S3. The molecule has 0 amide bonds. The van der Waals surface area contributed by atoms with E-state index in [1.165, 1.54) is 29.2 Å².